The van der Waals surface area contributed by atoms with Crippen LogP contribution in [0.1, 0.15) is 18.0 Å². The smallest absolute Gasteiger partial charge is 0.381 e. The number of carbonyl (C=O) groups is 1. The number of nitro groups is 1. The molecule has 0 aliphatic carbocycles. The number of carbonyl (C=O) groups excluding carboxylic acids is 1. The van der Waals surface area contributed by atoms with Crippen LogP contribution in [0.2, 0.25) is 0 Å². The number of nitrogens with zero attached hydrogens (tertiary/aromatic N) is 1. The third-order valence-electron chi connectivity index (χ3n) is 3.50. The number of nitrogens with one attached hydrogen (secondary N) is 1. The Morgan fingerprint density at radius 3 is 2.22 bits per heavy atom. The van der Waals surface area contributed by atoms with Crippen molar-refractivity contribution in [2.45, 2.75) is 18.5 Å². The van der Waals surface area contributed by atoms with Crippen molar-refractivity contribution in [3.63, 3.8) is 0 Å². The molecular weight excluding hydrogens is 296 g/mol. The molecule has 0 spiro atoms. The van der Waals surface area contributed by atoms with E-state index < -0.39 is 16.9 Å². The topological polar surface area (TPSA) is 81.5 Å². The quantitative estimate of drug-likeness (QED) is 0.482. The van der Waals surface area contributed by atoms with Crippen molar-refractivity contribution >= 4 is 11.7 Å². The van der Waals surface area contributed by atoms with Crippen LogP contribution in [0.4, 0.5) is 5.69 Å². The van der Waals surface area contributed by atoms with Crippen LogP contribution in [0.5, 0.6) is 0 Å². The van der Waals surface area contributed by atoms with Gasteiger partial charge in [0, 0.05) is 10.6 Å². The van der Waals surface area contributed by atoms with Gasteiger partial charge in [0.2, 0.25) is 0 Å². The average molecular weight is 314 g/mol. The number of para-hydroxylation sites is 1. The lowest BCUT2D eigenvalue weighted by Crippen LogP contribution is -2.34. The van der Waals surface area contributed by atoms with Crippen molar-refractivity contribution in [1.82, 2.24) is 0 Å². The van der Waals surface area contributed by atoms with E-state index in [1.807, 2.05) is 60.7 Å². The minimum Gasteiger partial charge on any atom is -0.464 e. The van der Waals surface area contributed by atoms with E-state index in [1.165, 1.54) is 0 Å². The first-order valence-corrected chi connectivity index (χ1v) is 7.19. The first-order valence-electron chi connectivity index (χ1n) is 7.19. The number of esters is 1. The summed E-state index contributed by atoms with van der Waals surface area (Å²) in [5, 5.41) is 14.4. The number of methoxy groups -OCH3 is 1. The molecule has 2 atom stereocenters. The minimum absolute atomic E-state index is 0.00141. The van der Waals surface area contributed by atoms with Crippen LogP contribution in [-0.4, -0.2) is 24.0 Å². The molecule has 0 aliphatic heterocycles. The van der Waals surface area contributed by atoms with Crippen LogP contribution in [0.15, 0.2) is 60.7 Å². The number of benzene rings is 2. The fourth-order valence-corrected chi connectivity index (χ4v) is 2.33. The van der Waals surface area contributed by atoms with E-state index in [1.54, 1.807) is 0 Å². The molecule has 0 aromatic heterocycles. The predicted octanol–water partition coefficient (Wildman–Crippen LogP) is 3.05. The molecule has 2 rings (SSSR count). The minimum atomic E-state index is -1.42. The van der Waals surface area contributed by atoms with Crippen LogP contribution in [0.3, 0.4) is 0 Å². The Hall–Kier alpha value is -2.89. The molecule has 0 saturated heterocycles. The van der Waals surface area contributed by atoms with Crippen LogP contribution in [0, 0.1) is 10.1 Å². The number of ether oxygens (including phenoxy) is 1. The Labute approximate surface area is 134 Å². The first-order chi connectivity index (χ1) is 11.1. The lowest BCUT2D eigenvalue weighted by atomic mass is 9.99. The average Bonchev–Trinajstić information content (AvgIpc) is 2.59. The summed E-state index contributed by atoms with van der Waals surface area (Å²) in [6.45, 7) is 0. The van der Waals surface area contributed by atoms with Crippen molar-refractivity contribution in [3.8, 4) is 0 Å². The Morgan fingerprint density at radius 2 is 1.70 bits per heavy atom. The normalized spacial score (nSPS) is 12.9. The summed E-state index contributed by atoms with van der Waals surface area (Å²) in [5.41, 5.74) is 1.69. The van der Waals surface area contributed by atoms with Gasteiger partial charge in [0.05, 0.1) is 19.6 Å². The van der Waals surface area contributed by atoms with E-state index in [0.717, 1.165) is 18.4 Å². The number of hydrogen-bond donors (Lipinski definition) is 1. The zero-order valence-corrected chi connectivity index (χ0v) is 12.7. The molecule has 23 heavy (non-hydrogen) atoms. The van der Waals surface area contributed by atoms with Gasteiger partial charge in [-0.15, -0.1) is 0 Å². The predicted molar refractivity (Wildman–Crippen MR) is 86.7 cm³/mol. The monoisotopic (exact) mass is 314 g/mol. The summed E-state index contributed by atoms with van der Waals surface area (Å²) in [5.74, 6) is -0.842. The van der Waals surface area contributed by atoms with Crippen LogP contribution >= 0.6 is 0 Å². The Balaban J connectivity index is 2.26. The zero-order chi connectivity index (χ0) is 16.7. The maximum absolute atomic E-state index is 11.7. The van der Waals surface area contributed by atoms with E-state index >= 15 is 0 Å². The zero-order valence-electron chi connectivity index (χ0n) is 12.7. The number of rotatable bonds is 7. The van der Waals surface area contributed by atoms with Gasteiger partial charge in [0.25, 0.3) is 0 Å². The summed E-state index contributed by atoms with van der Waals surface area (Å²) in [7, 11) is 1.15. The van der Waals surface area contributed by atoms with Gasteiger partial charge in [0.15, 0.2) is 0 Å². The maximum Gasteiger partial charge on any atom is 0.381 e. The van der Waals surface area contributed by atoms with Gasteiger partial charge in [-0.1, -0.05) is 48.5 Å². The molecule has 0 bridgehead atoms. The molecule has 6 nitrogen and oxygen atoms in total. The molecule has 2 aromatic rings. The largest absolute Gasteiger partial charge is 0.464 e. The Bertz CT molecular complexity index is 646. The van der Waals surface area contributed by atoms with E-state index in [4.69, 9.17) is 0 Å². The number of anilines is 1. The molecular formula is C17H18N2O4. The molecule has 6 heteroatoms. The molecule has 0 fully saturated rings. The van der Waals surface area contributed by atoms with Crippen molar-refractivity contribution < 1.29 is 14.5 Å². The standard InChI is InChI=1S/C17H18N2O4/c1-23-17(20)16(19(21)22)12-15(13-8-4-2-5-9-13)18-14-10-6-3-7-11-14/h2-11,15-16,18H,12H2,1H3/t15-,16?/m0/s1. The summed E-state index contributed by atoms with van der Waals surface area (Å²) in [6, 6.07) is 16.9. The second-order valence-electron chi connectivity index (χ2n) is 5.03. The summed E-state index contributed by atoms with van der Waals surface area (Å²) in [4.78, 5) is 22.3. The van der Waals surface area contributed by atoms with E-state index in [9.17, 15) is 14.9 Å². The fourth-order valence-electron chi connectivity index (χ4n) is 2.33. The van der Waals surface area contributed by atoms with Gasteiger partial charge in [-0.3, -0.25) is 10.1 Å². The molecule has 0 saturated carbocycles. The fraction of sp³-hybridized carbons (Fsp3) is 0.235. The van der Waals surface area contributed by atoms with Crippen molar-refractivity contribution in [1.29, 1.82) is 0 Å². The molecule has 1 N–H and O–H groups in total. The van der Waals surface area contributed by atoms with Gasteiger partial charge in [-0.2, -0.15) is 0 Å². The summed E-state index contributed by atoms with van der Waals surface area (Å²) >= 11 is 0. The van der Waals surface area contributed by atoms with Crippen LogP contribution < -0.4 is 5.32 Å². The highest BCUT2D eigenvalue weighted by atomic mass is 16.6. The first kappa shape index (κ1) is 16.5. The molecule has 0 aliphatic rings. The molecule has 0 radical (unpaired) electrons. The lowest BCUT2D eigenvalue weighted by molar-refractivity contribution is -0.511. The van der Waals surface area contributed by atoms with E-state index in [-0.39, 0.29) is 12.5 Å². The summed E-state index contributed by atoms with van der Waals surface area (Å²) < 4.78 is 4.55. The van der Waals surface area contributed by atoms with Crippen molar-refractivity contribution in [3.05, 3.63) is 76.3 Å². The van der Waals surface area contributed by atoms with Gasteiger partial charge < -0.3 is 10.1 Å². The lowest BCUT2D eigenvalue weighted by Gasteiger charge is -2.21. The second-order valence-corrected chi connectivity index (χ2v) is 5.03. The Morgan fingerprint density at radius 1 is 1.13 bits per heavy atom. The Kier molecular flexibility index (Phi) is 5.68. The molecule has 2 aromatic carbocycles. The van der Waals surface area contributed by atoms with Crippen LogP contribution in [0.25, 0.3) is 0 Å². The highest BCUT2D eigenvalue weighted by Gasteiger charge is 2.34. The van der Waals surface area contributed by atoms with Gasteiger partial charge in [-0.05, 0) is 17.7 Å². The van der Waals surface area contributed by atoms with Gasteiger partial charge in [0.1, 0.15) is 0 Å². The van der Waals surface area contributed by atoms with Crippen molar-refractivity contribution in [2.75, 3.05) is 12.4 Å². The molecule has 0 heterocycles. The van der Waals surface area contributed by atoms with Crippen molar-refractivity contribution in [2.24, 2.45) is 0 Å². The van der Waals surface area contributed by atoms with E-state index in [0.29, 0.717) is 0 Å². The molecule has 120 valence electrons. The molecule has 1 unspecified atom stereocenters. The maximum atomic E-state index is 11.7. The van der Waals surface area contributed by atoms with E-state index in [2.05, 4.69) is 10.1 Å². The van der Waals surface area contributed by atoms with Crippen LogP contribution in [-0.2, 0) is 9.53 Å². The third kappa shape index (κ3) is 4.54. The highest BCUT2D eigenvalue weighted by Crippen LogP contribution is 2.25. The summed E-state index contributed by atoms with van der Waals surface area (Å²) in [6.07, 6.45) is -0.00141. The molecule has 0 amide bonds. The van der Waals surface area contributed by atoms with Gasteiger partial charge in [-0.25, -0.2) is 4.79 Å². The van der Waals surface area contributed by atoms with Gasteiger partial charge >= 0.3 is 12.0 Å². The third-order valence-corrected chi connectivity index (χ3v) is 3.50. The number of hydrogen-bond acceptors (Lipinski definition) is 5. The SMILES string of the molecule is COC(=O)C(C[C@H](Nc1ccccc1)c1ccccc1)[N+](=O)[O-]. The second kappa shape index (κ2) is 7.93. The highest BCUT2D eigenvalue weighted by molar-refractivity contribution is 5.74.